The summed E-state index contributed by atoms with van der Waals surface area (Å²) in [4.78, 5) is 11.5. The summed E-state index contributed by atoms with van der Waals surface area (Å²) in [5, 5.41) is 11.5. The summed E-state index contributed by atoms with van der Waals surface area (Å²) in [6.07, 6.45) is 0. The van der Waals surface area contributed by atoms with E-state index in [2.05, 4.69) is 5.32 Å². The zero-order valence-electron chi connectivity index (χ0n) is 9.24. The molecule has 1 aromatic rings. The Kier molecular flexibility index (Phi) is 5.74. The molecule has 1 amide bonds. The van der Waals surface area contributed by atoms with E-state index in [0.717, 1.165) is 6.07 Å². The Morgan fingerprint density at radius 1 is 1.65 bits per heavy atom. The third kappa shape index (κ3) is 4.93. The summed E-state index contributed by atoms with van der Waals surface area (Å²) in [5.41, 5.74) is 0.385. The lowest BCUT2D eigenvalue weighted by Crippen LogP contribution is -2.17. The predicted octanol–water partition coefficient (Wildman–Crippen LogP) is 2.53. The molecule has 1 atom stereocenters. The summed E-state index contributed by atoms with van der Waals surface area (Å²) in [7, 11) is 0. The minimum Gasteiger partial charge on any atom is -0.395 e. The van der Waals surface area contributed by atoms with Gasteiger partial charge in [-0.25, -0.2) is 4.39 Å². The van der Waals surface area contributed by atoms with Gasteiger partial charge in [-0.05, 0) is 18.2 Å². The van der Waals surface area contributed by atoms with Crippen LogP contribution in [0.3, 0.4) is 0 Å². The molecular weight excluding hydrogens is 265 g/mol. The Morgan fingerprint density at radius 2 is 2.35 bits per heavy atom. The van der Waals surface area contributed by atoms with E-state index in [1.165, 1.54) is 23.9 Å². The van der Waals surface area contributed by atoms with Crippen molar-refractivity contribution in [1.29, 1.82) is 0 Å². The first-order valence-electron chi connectivity index (χ1n) is 5.00. The average Bonchev–Trinajstić information content (AvgIpc) is 2.29. The first-order valence-corrected chi connectivity index (χ1v) is 6.43. The summed E-state index contributed by atoms with van der Waals surface area (Å²) in [6.45, 7) is 1.85. The minimum atomic E-state index is -0.448. The standard InChI is InChI=1S/C11H13ClFNO2S/c1-7(5-15)17-6-11(16)14-10-3-2-8(13)4-9(10)12/h2-4,7,15H,5-6H2,1H3,(H,14,16). The van der Waals surface area contributed by atoms with E-state index in [0.29, 0.717) is 5.69 Å². The molecule has 0 saturated carbocycles. The topological polar surface area (TPSA) is 49.3 Å². The molecule has 0 aromatic heterocycles. The minimum absolute atomic E-state index is 0.00411. The van der Waals surface area contributed by atoms with Gasteiger partial charge in [0.05, 0.1) is 23.1 Å². The fourth-order valence-electron chi connectivity index (χ4n) is 1.05. The van der Waals surface area contributed by atoms with Crippen molar-refractivity contribution in [1.82, 2.24) is 0 Å². The van der Waals surface area contributed by atoms with Gasteiger partial charge in [-0.15, -0.1) is 11.8 Å². The quantitative estimate of drug-likeness (QED) is 0.870. The van der Waals surface area contributed by atoms with Crippen molar-refractivity contribution in [2.24, 2.45) is 0 Å². The third-order valence-corrected chi connectivity index (χ3v) is 3.42. The van der Waals surface area contributed by atoms with E-state index in [4.69, 9.17) is 16.7 Å². The van der Waals surface area contributed by atoms with Gasteiger partial charge in [0.2, 0.25) is 5.91 Å². The van der Waals surface area contributed by atoms with E-state index < -0.39 is 5.82 Å². The van der Waals surface area contributed by atoms with E-state index in [1.54, 1.807) is 0 Å². The molecule has 0 saturated heterocycles. The van der Waals surface area contributed by atoms with Gasteiger partial charge in [0.25, 0.3) is 0 Å². The average molecular weight is 278 g/mol. The first kappa shape index (κ1) is 14.3. The number of thioether (sulfide) groups is 1. The van der Waals surface area contributed by atoms with Crippen molar-refractivity contribution < 1.29 is 14.3 Å². The fraction of sp³-hybridized carbons (Fsp3) is 0.364. The van der Waals surface area contributed by atoms with Crippen molar-refractivity contribution in [3.63, 3.8) is 0 Å². The Hall–Kier alpha value is -0.780. The third-order valence-electron chi connectivity index (χ3n) is 1.96. The van der Waals surface area contributed by atoms with Crippen LogP contribution in [-0.2, 0) is 4.79 Å². The number of hydrogen-bond donors (Lipinski definition) is 2. The lowest BCUT2D eigenvalue weighted by molar-refractivity contribution is -0.113. The second kappa shape index (κ2) is 6.83. The SMILES string of the molecule is CC(CO)SCC(=O)Nc1ccc(F)cc1Cl. The smallest absolute Gasteiger partial charge is 0.234 e. The molecule has 0 aliphatic rings. The van der Waals surface area contributed by atoms with Crippen LogP contribution in [0.25, 0.3) is 0 Å². The maximum Gasteiger partial charge on any atom is 0.234 e. The second-order valence-corrected chi connectivity index (χ2v) is 5.31. The number of aliphatic hydroxyl groups excluding tert-OH is 1. The lowest BCUT2D eigenvalue weighted by Gasteiger charge is -2.09. The largest absolute Gasteiger partial charge is 0.395 e. The van der Waals surface area contributed by atoms with Gasteiger partial charge in [-0.3, -0.25) is 4.79 Å². The highest BCUT2D eigenvalue weighted by Gasteiger charge is 2.09. The monoisotopic (exact) mass is 277 g/mol. The number of nitrogens with one attached hydrogen (secondary N) is 1. The number of carbonyl (C=O) groups is 1. The lowest BCUT2D eigenvalue weighted by atomic mass is 10.3. The molecule has 1 unspecified atom stereocenters. The zero-order valence-corrected chi connectivity index (χ0v) is 10.8. The molecule has 0 heterocycles. The van der Waals surface area contributed by atoms with Gasteiger partial charge < -0.3 is 10.4 Å². The van der Waals surface area contributed by atoms with Gasteiger partial charge in [0, 0.05) is 5.25 Å². The highest BCUT2D eigenvalue weighted by atomic mass is 35.5. The van der Waals surface area contributed by atoms with E-state index in [9.17, 15) is 9.18 Å². The Balaban J connectivity index is 2.50. The molecular formula is C11H13ClFNO2S. The molecule has 0 bridgehead atoms. The Morgan fingerprint density at radius 3 is 2.94 bits per heavy atom. The number of benzene rings is 1. The molecule has 6 heteroatoms. The van der Waals surface area contributed by atoms with E-state index in [1.807, 2.05) is 6.92 Å². The summed E-state index contributed by atoms with van der Waals surface area (Å²) < 4.78 is 12.8. The number of anilines is 1. The van der Waals surface area contributed by atoms with Crippen LogP contribution in [0.5, 0.6) is 0 Å². The van der Waals surface area contributed by atoms with Crippen LogP contribution in [0, 0.1) is 5.82 Å². The van der Waals surface area contributed by atoms with Crippen LogP contribution in [-0.4, -0.2) is 28.6 Å². The summed E-state index contributed by atoms with van der Waals surface area (Å²) in [5.74, 6) is -0.463. The van der Waals surface area contributed by atoms with Crippen LogP contribution in [0.1, 0.15) is 6.92 Å². The number of aliphatic hydroxyl groups is 1. The zero-order chi connectivity index (χ0) is 12.8. The molecule has 17 heavy (non-hydrogen) atoms. The number of hydrogen-bond acceptors (Lipinski definition) is 3. The van der Waals surface area contributed by atoms with Crippen molar-refractivity contribution in [2.75, 3.05) is 17.7 Å². The van der Waals surface area contributed by atoms with Crippen molar-refractivity contribution >= 4 is 35.0 Å². The predicted molar refractivity (Wildman–Crippen MR) is 69.0 cm³/mol. The molecule has 0 aliphatic carbocycles. The Labute approximate surface area is 108 Å². The second-order valence-electron chi connectivity index (χ2n) is 3.48. The highest BCUT2D eigenvalue weighted by molar-refractivity contribution is 8.00. The first-order chi connectivity index (χ1) is 8.02. The van der Waals surface area contributed by atoms with Gasteiger partial charge in [0.15, 0.2) is 0 Å². The normalized spacial score (nSPS) is 12.2. The van der Waals surface area contributed by atoms with Gasteiger partial charge in [0.1, 0.15) is 5.82 Å². The van der Waals surface area contributed by atoms with E-state index >= 15 is 0 Å². The van der Waals surface area contributed by atoms with Crippen LogP contribution >= 0.6 is 23.4 Å². The van der Waals surface area contributed by atoms with Gasteiger partial charge >= 0.3 is 0 Å². The molecule has 0 fully saturated rings. The van der Waals surface area contributed by atoms with Crippen molar-refractivity contribution in [3.8, 4) is 0 Å². The molecule has 1 aromatic carbocycles. The highest BCUT2D eigenvalue weighted by Crippen LogP contribution is 2.22. The molecule has 3 nitrogen and oxygen atoms in total. The number of halogens is 2. The van der Waals surface area contributed by atoms with Crippen LogP contribution in [0.15, 0.2) is 18.2 Å². The fourth-order valence-corrected chi connectivity index (χ4v) is 1.88. The maximum absolute atomic E-state index is 12.8. The summed E-state index contributed by atoms with van der Waals surface area (Å²) >= 11 is 7.10. The van der Waals surface area contributed by atoms with Gasteiger partial charge in [-0.2, -0.15) is 0 Å². The van der Waals surface area contributed by atoms with Crippen LogP contribution in [0.2, 0.25) is 5.02 Å². The Bertz CT molecular complexity index is 403. The molecule has 94 valence electrons. The summed E-state index contributed by atoms with van der Waals surface area (Å²) in [6, 6.07) is 3.78. The van der Waals surface area contributed by atoms with Crippen molar-refractivity contribution in [3.05, 3.63) is 29.0 Å². The maximum atomic E-state index is 12.8. The molecule has 0 aliphatic heterocycles. The number of amides is 1. The van der Waals surface area contributed by atoms with Gasteiger partial charge in [-0.1, -0.05) is 18.5 Å². The molecule has 0 spiro atoms. The van der Waals surface area contributed by atoms with Crippen LogP contribution < -0.4 is 5.32 Å². The van der Waals surface area contributed by atoms with Crippen LogP contribution in [0.4, 0.5) is 10.1 Å². The van der Waals surface area contributed by atoms with Crippen molar-refractivity contribution in [2.45, 2.75) is 12.2 Å². The number of rotatable bonds is 5. The van der Waals surface area contributed by atoms with E-state index in [-0.39, 0.29) is 28.5 Å². The number of carbonyl (C=O) groups excluding carboxylic acids is 1. The molecule has 0 radical (unpaired) electrons. The molecule has 1 rings (SSSR count). The molecule has 2 N–H and O–H groups in total.